The van der Waals surface area contributed by atoms with Crippen LogP contribution in [-0.4, -0.2) is 16.4 Å². The molecule has 1 aliphatic heterocycles. The van der Waals surface area contributed by atoms with Crippen molar-refractivity contribution in [3.63, 3.8) is 0 Å². The van der Waals surface area contributed by atoms with Crippen molar-refractivity contribution < 1.29 is 9.13 Å². The summed E-state index contributed by atoms with van der Waals surface area (Å²) in [5.74, 6) is 0. The van der Waals surface area contributed by atoms with Crippen LogP contribution in [0.15, 0.2) is 30.3 Å². The van der Waals surface area contributed by atoms with Crippen LogP contribution in [0.5, 0.6) is 0 Å². The lowest BCUT2D eigenvalue weighted by atomic mass is 9.87. The fraction of sp³-hybridized carbons (Fsp3) is 0.333. The summed E-state index contributed by atoms with van der Waals surface area (Å²) < 4.78 is 20.4. The van der Waals surface area contributed by atoms with Gasteiger partial charge in [0.25, 0.3) is 5.17 Å². The van der Waals surface area contributed by atoms with E-state index in [1.54, 1.807) is 6.07 Å². The third kappa shape index (κ3) is 2.76. The van der Waals surface area contributed by atoms with Gasteiger partial charge in [-0.2, -0.15) is 5.26 Å². The normalized spacial score (nSPS) is 19.2. The topological polar surface area (TPSA) is 50.0 Å². The highest BCUT2D eigenvalue weighted by Crippen LogP contribution is 2.41. The number of aromatic nitrogens is 1. The van der Waals surface area contributed by atoms with Gasteiger partial charge in [0.05, 0.1) is 6.67 Å². The van der Waals surface area contributed by atoms with Crippen LogP contribution in [0.25, 0.3) is 11.3 Å². The molecule has 3 rings (SSSR count). The molecule has 1 aliphatic rings. The maximum absolute atomic E-state index is 12.7. The Balaban J connectivity index is 2.08. The van der Waals surface area contributed by atoms with Gasteiger partial charge in [-0.3, -0.25) is 4.39 Å². The number of hydrogen-bond donors (Lipinski definition) is 1. The Labute approximate surface area is 145 Å². The number of thiocarbonyl (C=S) groups is 1. The van der Waals surface area contributed by atoms with Crippen LogP contribution in [0, 0.1) is 11.3 Å². The van der Waals surface area contributed by atoms with Gasteiger partial charge in [-0.15, -0.1) is 0 Å². The van der Waals surface area contributed by atoms with Crippen molar-refractivity contribution in [3.05, 3.63) is 41.6 Å². The van der Waals surface area contributed by atoms with Crippen LogP contribution < -0.4 is 5.32 Å². The first-order valence-corrected chi connectivity index (χ1v) is 8.16. The molecule has 4 nitrogen and oxygen atoms in total. The van der Waals surface area contributed by atoms with Gasteiger partial charge in [-0.25, -0.2) is 0 Å². The molecule has 1 unspecified atom stereocenters. The van der Waals surface area contributed by atoms with Gasteiger partial charge in [-0.05, 0) is 61.8 Å². The van der Waals surface area contributed by atoms with Crippen molar-refractivity contribution in [2.45, 2.75) is 25.4 Å². The van der Waals surface area contributed by atoms with Gasteiger partial charge in [0.2, 0.25) is 0 Å². The van der Waals surface area contributed by atoms with Gasteiger partial charge in [0.1, 0.15) is 17.4 Å². The van der Waals surface area contributed by atoms with E-state index in [0.29, 0.717) is 23.7 Å². The molecule has 0 aliphatic carbocycles. The predicted molar refractivity (Wildman–Crippen MR) is 95.4 cm³/mol. The summed E-state index contributed by atoms with van der Waals surface area (Å²) in [5.41, 5.74) is 3.67. The fourth-order valence-corrected chi connectivity index (χ4v) is 3.44. The molecule has 2 heterocycles. The summed E-state index contributed by atoms with van der Waals surface area (Å²) in [5, 5.41) is 12.5. The first kappa shape index (κ1) is 16.5. The van der Waals surface area contributed by atoms with Gasteiger partial charge in [0, 0.05) is 24.0 Å². The van der Waals surface area contributed by atoms with Crippen LogP contribution in [0.2, 0.25) is 0 Å². The molecule has 1 N–H and O–H groups in total. The van der Waals surface area contributed by atoms with E-state index in [4.69, 9.17) is 22.2 Å². The first-order chi connectivity index (χ1) is 11.5. The largest absolute Gasteiger partial charge is 0.460 e. The summed E-state index contributed by atoms with van der Waals surface area (Å²) in [4.78, 5) is 0. The Morgan fingerprint density at radius 3 is 2.83 bits per heavy atom. The maximum atomic E-state index is 12.7. The number of anilines is 1. The molecule has 0 saturated carbocycles. The average Bonchev–Trinajstić information content (AvgIpc) is 2.93. The van der Waals surface area contributed by atoms with Crippen molar-refractivity contribution in [2.75, 3.05) is 12.0 Å². The molecule has 0 spiro atoms. The molecule has 1 atom stereocenters. The molecule has 0 fully saturated rings. The van der Waals surface area contributed by atoms with E-state index >= 15 is 0 Å². The fourth-order valence-electron chi connectivity index (χ4n) is 3.15. The summed E-state index contributed by atoms with van der Waals surface area (Å²) >= 11 is 5.18. The van der Waals surface area contributed by atoms with Crippen molar-refractivity contribution in [1.29, 1.82) is 5.26 Å². The zero-order valence-electron chi connectivity index (χ0n) is 13.6. The van der Waals surface area contributed by atoms with Crippen molar-refractivity contribution in [1.82, 2.24) is 4.57 Å². The SMILES string of the molecule is Cn1c(C#N)ccc1-c1ccc2c(c1)C(C)(CCCF)OC(=S)N2. The number of ether oxygens (including phenoxy) is 1. The van der Waals surface area contributed by atoms with E-state index in [9.17, 15) is 4.39 Å². The van der Waals surface area contributed by atoms with Gasteiger partial charge in [-0.1, -0.05) is 6.07 Å². The molecule has 0 saturated heterocycles. The number of nitriles is 1. The second kappa shape index (κ2) is 6.25. The maximum Gasteiger partial charge on any atom is 0.262 e. The zero-order chi connectivity index (χ0) is 17.3. The van der Waals surface area contributed by atoms with Crippen LogP contribution in [-0.2, 0) is 17.4 Å². The average molecular weight is 343 g/mol. The molecule has 1 aromatic heterocycles. The summed E-state index contributed by atoms with van der Waals surface area (Å²) in [6.07, 6.45) is 0.948. The van der Waals surface area contributed by atoms with E-state index in [2.05, 4.69) is 11.4 Å². The van der Waals surface area contributed by atoms with E-state index in [1.807, 2.05) is 42.8 Å². The summed E-state index contributed by atoms with van der Waals surface area (Å²) in [6, 6.07) is 11.8. The molecule has 1 aromatic carbocycles. The Kier molecular flexibility index (Phi) is 4.29. The van der Waals surface area contributed by atoms with Crippen LogP contribution >= 0.6 is 12.2 Å². The smallest absolute Gasteiger partial charge is 0.262 e. The number of nitrogens with zero attached hydrogens (tertiary/aromatic N) is 2. The van der Waals surface area contributed by atoms with Crippen molar-refractivity contribution in [2.24, 2.45) is 7.05 Å². The van der Waals surface area contributed by atoms with Crippen molar-refractivity contribution >= 4 is 23.1 Å². The second-order valence-corrected chi connectivity index (χ2v) is 6.44. The Hall–Kier alpha value is -2.39. The minimum absolute atomic E-state index is 0.308. The lowest BCUT2D eigenvalue weighted by molar-refractivity contribution is 0.0591. The highest BCUT2D eigenvalue weighted by molar-refractivity contribution is 7.80. The minimum Gasteiger partial charge on any atom is -0.460 e. The number of nitrogens with one attached hydrogen (secondary N) is 1. The quantitative estimate of drug-likeness (QED) is 0.843. The molecular weight excluding hydrogens is 325 g/mol. The van der Waals surface area contributed by atoms with E-state index in [0.717, 1.165) is 22.5 Å². The molecule has 124 valence electrons. The number of hydrogen-bond acceptors (Lipinski definition) is 3. The first-order valence-electron chi connectivity index (χ1n) is 7.75. The minimum atomic E-state index is -0.664. The number of rotatable bonds is 4. The standard InChI is InChI=1S/C18H18FN3OS/c1-18(8-3-9-19)14-10-12(4-6-15(14)21-17(24)23-18)16-7-5-13(11-20)22(16)2/h4-7,10H,3,8-9H2,1-2H3,(H,21,24). The third-order valence-corrected chi connectivity index (χ3v) is 4.65. The molecular formula is C18H18FN3OS. The highest BCUT2D eigenvalue weighted by atomic mass is 32.1. The summed E-state index contributed by atoms with van der Waals surface area (Å²) in [7, 11) is 1.86. The number of halogens is 1. The van der Waals surface area contributed by atoms with Gasteiger partial charge < -0.3 is 14.6 Å². The molecule has 0 bridgehead atoms. The third-order valence-electron chi connectivity index (χ3n) is 4.46. The molecule has 2 aromatic rings. The second-order valence-electron chi connectivity index (χ2n) is 6.07. The monoisotopic (exact) mass is 343 g/mol. The highest BCUT2D eigenvalue weighted by Gasteiger charge is 2.36. The zero-order valence-corrected chi connectivity index (χ0v) is 14.4. The van der Waals surface area contributed by atoms with Gasteiger partial charge >= 0.3 is 0 Å². The number of benzene rings is 1. The Bertz CT molecular complexity index is 839. The van der Waals surface area contributed by atoms with Crippen LogP contribution in [0.1, 0.15) is 31.0 Å². The number of alkyl halides is 1. The Morgan fingerprint density at radius 2 is 2.17 bits per heavy atom. The van der Waals surface area contributed by atoms with Crippen LogP contribution in [0.3, 0.4) is 0 Å². The van der Waals surface area contributed by atoms with E-state index < -0.39 is 12.3 Å². The summed E-state index contributed by atoms with van der Waals surface area (Å²) in [6.45, 7) is 1.54. The van der Waals surface area contributed by atoms with Crippen molar-refractivity contribution in [3.8, 4) is 17.3 Å². The van der Waals surface area contributed by atoms with Crippen LogP contribution in [0.4, 0.5) is 10.1 Å². The Morgan fingerprint density at radius 1 is 1.38 bits per heavy atom. The van der Waals surface area contributed by atoms with Gasteiger partial charge in [0.15, 0.2) is 0 Å². The lowest BCUT2D eigenvalue weighted by Crippen LogP contribution is -2.37. The molecule has 24 heavy (non-hydrogen) atoms. The number of fused-ring (bicyclic) bond motifs is 1. The molecule has 0 radical (unpaired) electrons. The van der Waals surface area contributed by atoms with E-state index in [1.165, 1.54) is 0 Å². The predicted octanol–water partition coefficient (Wildman–Crippen LogP) is 4.26. The lowest BCUT2D eigenvalue weighted by Gasteiger charge is -2.37. The molecule has 0 amide bonds. The molecule has 6 heteroatoms. The van der Waals surface area contributed by atoms with E-state index in [-0.39, 0.29) is 0 Å².